The lowest BCUT2D eigenvalue weighted by Gasteiger charge is -2.13. The molecular weight excluding hydrogens is 272 g/mol. The number of unbranched alkanes of at least 4 members (excludes halogenated alkanes) is 1. The number of aryl methyl sites for hydroxylation is 3. The maximum atomic E-state index is 8.03. The number of nitrogens with one attached hydrogen (secondary N) is 3. The van der Waals surface area contributed by atoms with Crippen LogP contribution in [0.25, 0.3) is 0 Å². The van der Waals surface area contributed by atoms with Crippen molar-refractivity contribution in [2.24, 2.45) is 0 Å². The Morgan fingerprint density at radius 2 is 1.95 bits per heavy atom. The minimum absolute atomic E-state index is 0.225. The van der Waals surface area contributed by atoms with Gasteiger partial charge in [0, 0.05) is 11.9 Å². The standard InChI is InChI=1S/C18H24N4/c1-4-5-6-15-7-8-16(14(3)12-15)21-18(19)22-17-11-13(2)9-10-20-17/h7-12H,4-6H2,1-3H3,(H3,19,20,21,22). The minimum atomic E-state index is 0.225. The SMILES string of the molecule is CCCCc1ccc(NC(=N)Nc2cc(C)ccn2)c(C)c1. The van der Waals surface area contributed by atoms with Crippen molar-refractivity contribution < 1.29 is 0 Å². The molecule has 0 saturated heterocycles. The molecule has 2 aromatic rings. The van der Waals surface area contributed by atoms with Crippen molar-refractivity contribution >= 4 is 17.5 Å². The van der Waals surface area contributed by atoms with Crippen LogP contribution in [-0.2, 0) is 6.42 Å². The van der Waals surface area contributed by atoms with E-state index in [1.807, 2.05) is 25.1 Å². The lowest BCUT2D eigenvalue weighted by atomic mass is 10.0. The topological polar surface area (TPSA) is 60.8 Å². The predicted octanol–water partition coefficient (Wildman–Crippen LogP) is 4.50. The molecule has 0 unspecified atom stereocenters. The fourth-order valence-electron chi connectivity index (χ4n) is 2.30. The Morgan fingerprint density at radius 1 is 1.14 bits per heavy atom. The molecular formula is C18H24N4. The van der Waals surface area contributed by atoms with Gasteiger partial charge in [-0.25, -0.2) is 4.98 Å². The van der Waals surface area contributed by atoms with E-state index in [0.717, 1.165) is 23.2 Å². The molecule has 0 radical (unpaired) electrons. The summed E-state index contributed by atoms with van der Waals surface area (Å²) < 4.78 is 0. The summed E-state index contributed by atoms with van der Waals surface area (Å²) in [6.07, 6.45) is 5.26. The van der Waals surface area contributed by atoms with Crippen LogP contribution in [0.15, 0.2) is 36.5 Å². The first-order valence-corrected chi connectivity index (χ1v) is 7.73. The van der Waals surface area contributed by atoms with E-state index in [1.54, 1.807) is 6.20 Å². The van der Waals surface area contributed by atoms with Gasteiger partial charge in [0.1, 0.15) is 5.82 Å². The minimum Gasteiger partial charge on any atom is -0.326 e. The third kappa shape index (κ3) is 4.58. The van der Waals surface area contributed by atoms with Gasteiger partial charge in [0.25, 0.3) is 0 Å². The quantitative estimate of drug-likeness (QED) is 0.562. The van der Waals surface area contributed by atoms with Crippen LogP contribution in [0.5, 0.6) is 0 Å². The van der Waals surface area contributed by atoms with E-state index in [9.17, 15) is 0 Å². The fourth-order valence-corrected chi connectivity index (χ4v) is 2.30. The smallest absolute Gasteiger partial charge is 0.198 e. The fraction of sp³-hybridized carbons (Fsp3) is 0.333. The van der Waals surface area contributed by atoms with Gasteiger partial charge >= 0.3 is 0 Å². The van der Waals surface area contributed by atoms with Gasteiger partial charge in [-0.15, -0.1) is 0 Å². The molecule has 1 heterocycles. The third-order valence-corrected chi connectivity index (χ3v) is 3.54. The highest BCUT2D eigenvalue weighted by Gasteiger charge is 2.04. The summed E-state index contributed by atoms with van der Waals surface area (Å²) in [5, 5.41) is 14.1. The van der Waals surface area contributed by atoms with Gasteiger partial charge in [-0.1, -0.05) is 25.5 Å². The number of pyridine rings is 1. The number of guanidine groups is 1. The molecule has 0 saturated carbocycles. The molecule has 0 spiro atoms. The van der Waals surface area contributed by atoms with Crippen LogP contribution in [-0.4, -0.2) is 10.9 Å². The van der Waals surface area contributed by atoms with Gasteiger partial charge in [-0.3, -0.25) is 5.41 Å². The maximum absolute atomic E-state index is 8.03. The predicted molar refractivity (Wildman–Crippen MR) is 93.7 cm³/mol. The lowest BCUT2D eigenvalue weighted by Crippen LogP contribution is -2.21. The zero-order chi connectivity index (χ0) is 15.9. The van der Waals surface area contributed by atoms with Crippen molar-refractivity contribution in [3.63, 3.8) is 0 Å². The first-order chi connectivity index (χ1) is 10.6. The average Bonchev–Trinajstić information content (AvgIpc) is 2.47. The van der Waals surface area contributed by atoms with Crippen molar-refractivity contribution in [3.8, 4) is 0 Å². The molecule has 1 aromatic heterocycles. The molecule has 2 rings (SSSR count). The third-order valence-electron chi connectivity index (χ3n) is 3.54. The summed E-state index contributed by atoms with van der Waals surface area (Å²) in [5.41, 5.74) is 4.56. The number of hydrogen-bond acceptors (Lipinski definition) is 2. The number of aromatic nitrogens is 1. The van der Waals surface area contributed by atoms with Gasteiger partial charge in [0.05, 0.1) is 0 Å². The normalized spacial score (nSPS) is 10.3. The molecule has 0 aliphatic carbocycles. The van der Waals surface area contributed by atoms with E-state index < -0.39 is 0 Å². The number of anilines is 2. The van der Waals surface area contributed by atoms with Crippen LogP contribution >= 0.6 is 0 Å². The zero-order valence-electron chi connectivity index (χ0n) is 13.5. The monoisotopic (exact) mass is 296 g/mol. The van der Waals surface area contributed by atoms with Crippen LogP contribution < -0.4 is 10.6 Å². The summed E-state index contributed by atoms with van der Waals surface area (Å²) in [4.78, 5) is 4.20. The molecule has 0 aliphatic rings. The highest BCUT2D eigenvalue weighted by atomic mass is 15.2. The van der Waals surface area contributed by atoms with E-state index in [2.05, 4.69) is 41.6 Å². The molecule has 0 fully saturated rings. The summed E-state index contributed by atoms with van der Waals surface area (Å²) in [7, 11) is 0. The molecule has 0 bridgehead atoms. The summed E-state index contributed by atoms with van der Waals surface area (Å²) in [5.74, 6) is 0.900. The first kappa shape index (κ1) is 16.0. The lowest BCUT2D eigenvalue weighted by molar-refractivity contribution is 0.794. The van der Waals surface area contributed by atoms with Crippen LogP contribution in [0.1, 0.15) is 36.5 Å². The second-order valence-corrected chi connectivity index (χ2v) is 5.60. The molecule has 22 heavy (non-hydrogen) atoms. The molecule has 0 atom stereocenters. The van der Waals surface area contributed by atoms with Crippen LogP contribution in [0, 0.1) is 19.3 Å². The second-order valence-electron chi connectivity index (χ2n) is 5.60. The van der Waals surface area contributed by atoms with Crippen molar-refractivity contribution in [1.82, 2.24) is 4.98 Å². The van der Waals surface area contributed by atoms with E-state index in [1.165, 1.54) is 18.4 Å². The van der Waals surface area contributed by atoms with Gasteiger partial charge in [0.2, 0.25) is 0 Å². The second kappa shape index (κ2) is 7.59. The van der Waals surface area contributed by atoms with Gasteiger partial charge in [-0.05, 0) is 61.6 Å². The Balaban J connectivity index is 1.99. The Kier molecular flexibility index (Phi) is 5.53. The van der Waals surface area contributed by atoms with Crippen molar-refractivity contribution in [2.45, 2.75) is 40.0 Å². The maximum Gasteiger partial charge on any atom is 0.198 e. The molecule has 3 N–H and O–H groups in total. The van der Waals surface area contributed by atoms with E-state index in [0.29, 0.717) is 5.82 Å². The zero-order valence-corrected chi connectivity index (χ0v) is 13.5. The highest BCUT2D eigenvalue weighted by molar-refractivity contribution is 6.01. The van der Waals surface area contributed by atoms with Crippen LogP contribution in [0.3, 0.4) is 0 Å². The average molecular weight is 296 g/mol. The summed E-state index contributed by atoms with van der Waals surface area (Å²) in [6.45, 7) is 6.27. The Hall–Kier alpha value is -2.36. The van der Waals surface area contributed by atoms with E-state index in [-0.39, 0.29) is 5.96 Å². The molecule has 4 nitrogen and oxygen atoms in total. The van der Waals surface area contributed by atoms with Crippen LogP contribution in [0.2, 0.25) is 0 Å². The van der Waals surface area contributed by atoms with Crippen molar-refractivity contribution in [2.75, 3.05) is 10.6 Å². The largest absolute Gasteiger partial charge is 0.326 e. The van der Waals surface area contributed by atoms with Gasteiger partial charge in [-0.2, -0.15) is 0 Å². The first-order valence-electron chi connectivity index (χ1n) is 7.73. The number of rotatable bonds is 5. The molecule has 1 aromatic carbocycles. The Bertz CT molecular complexity index is 649. The molecule has 0 amide bonds. The van der Waals surface area contributed by atoms with Gasteiger partial charge in [0.15, 0.2) is 5.96 Å². The number of nitrogens with zero attached hydrogens (tertiary/aromatic N) is 1. The summed E-state index contributed by atoms with van der Waals surface area (Å²) in [6, 6.07) is 10.2. The van der Waals surface area contributed by atoms with Crippen LogP contribution in [0.4, 0.5) is 11.5 Å². The van der Waals surface area contributed by atoms with E-state index >= 15 is 0 Å². The molecule has 0 aliphatic heterocycles. The van der Waals surface area contributed by atoms with Gasteiger partial charge < -0.3 is 10.6 Å². The molecule has 116 valence electrons. The number of benzene rings is 1. The molecule has 4 heteroatoms. The van der Waals surface area contributed by atoms with Crippen molar-refractivity contribution in [1.29, 1.82) is 5.41 Å². The highest BCUT2D eigenvalue weighted by Crippen LogP contribution is 2.18. The number of hydrogen-bond donors (Lipinski definition) is 3. The Morgan fingerprint density at radius 3 is 2.64 bits per heavy atom. The Labute approximate surface area is 132 Å². The van der Waals surface area contributed by atoms with E-state index in [4.69, 9.17) is 5.41 Å². The van der Waals surface area contributed by atoms with Crippen molar-refractivity contribution in [3.05, 3.63) is 53.2 Å². The summed E-state index contributed by atoms with van der Waals surface area (Å²) >= 11 is 0.